The number of nitrogens with one attached hydrogen (secondary N) is 1. The Labute approximate surface area is 153 Å². The second-order valence-corrected chi connectivity index (χ2v) is 8.04. The SMILES string of the molecule is COc1ccc(N2CCCC2=O)cc1S(=O)(=O)Nc1ccc(C)c(C)c1. The largest absolute Gasteiger partial charge is 0.495 e. The fourth-order valence-corrected chi connectivity index (χ4v) is 4.22. The third-order valence-corrected chi connectivity index (χ3v) is 5.98. The number of amides is 1. The van der Waals surface area contributed by atoms with Gasteiger partial charge in [-0.25, -0.2) is 8.42 Å². The van der Waals surface area contributed by atoms with Crippen LogP contribution in [-0.4, -0.2) is 28.0 Å². The van der Waals surface area contributed by atoms with E-state index in [4.69, 9.17) is 4.74 Å². The normalized spacial score (nSPS) is 14.6. The second-order valence-electron chi connectivity index (χ2n) is 6.39. The quantitative estimate of drug-likeness (QED) is 0.872. The number of ether oxygens (including phenoxy) is 1. The number of carbonyl (C=O) groups excluding carboxylic acids is 1. The summed E-state index contributed by atoms with van der Waals surface area (Å²) in [6, 6.07) is 10.1. The molecule has 3 rings (SSSR count). The maximum absolute atomic E-state index is 12.9. The summed E-state index contributed by atoms with van der Waals surface area (Å²) in [6.45, 7) is 4.48. The van der Waals surface area contributed by atoms with E-state index < -0.39 is 10.0 Å². The van der Waals surface area contributed by atoms with Crippen LogP contribution in [0.4, 0.5) is 11.4 Å². The third kappa shape index (κ3) is 3.53. The third-order valence-electron chi connectivity index (χ3n) is 4.58. The van der Waals surface area contributed by atoms with E-state index in [1.807, 2.05) is 19.9 Å². The predicted molar refractivity (Wildman–Crippen MR) is 101 cm³/mol. The van der Waals surface area contributed by atoms with E-state index in [9.17, 15) is 13.2 Å². The molecule has 0 aliphatic carbocycles. The number of hydrogen-bond acceptors (Lipinski definition) is 4. The van der Waals surface area contributed by atoms with Gasteiger partial charge in [0.05, 0.1) is 7.11 Å². The van der Waals surface area contributed by atoms with E-state index in [1.165, 1.54) is 13.2 Å². The van der Waals surface area contributed by atoms with Gasteiger partial charge in [-0.15, -0.1) is 0 Å². The molecule has 1 fully saturated rings. The first-order valence-corrected chi connectivity index (χ1v) is 9.88. The zero-order valence-corrected chi connectivity index (χ0v) is 15.9. The van der Waals surface area contributed by atoms with Crippen molar-refractivity contribution in [1.29, 1.82) is 0 Å². The van der Waals surface area contributed by atoms with Gasteiger partial charge in [0, 0.05) is 24.3 Å². The fourth-order valence-electron chi connectivity index (χ4n) is 2.98. The fraction of sp³-hybridized carbons (Fsp3) is 0.316. The number of nitrogens with zero attached hydrogens (tertiary/aromatic N) is 1. The van der Waals surface area contributed by atoms with Crippen molar-refractivity contribution >= 4 is 27.3 Å². The summed E-state index contributed by atoms with van der Waals surface area (Å²) in [6.07, 6.45) is 1.25. The van der Waals surface area contributed by atoms with Crippen LogP contribution >= 0.6 is 0 Å². The monoisotopic (exact) mass is 374 g/mol. The molecule has 1 aliphatic heterocycles. The molecule has 1 aliphatic rings. The lowest BCUT2D eigenvalue weighted by molar-refractivity contribution is -0.117. The summed E-state index contributed by atoms with van der Waals surface area (Å²) in [5, 5.41) is 0. The summed E-state index contributed by atoms with van der Waals surface area (Å²) >= 11 is 0. The van der Waals surface area contributed by atoms with Crippen molar-refractivity contribution in [3.63, 3.8) is 0 Å². The number of carbonyl (C=O) groups is 1. The molecule has 1 saturated heterocycles. The van der Waals surface area contributed by atoms with Crippen LogP contribution in [-0.2, 0) is 14.8 Å². The van der Waals surface area contributed by atoms with Crippen LogP contribution in [0.1, 0.15) is 24.0 Å². The number of benzene rings is 2. The van der Waals surface area contributed by atoms with Crippen LogP contribution in [0.2, 0.25) is 0 Å². The maximum atomic E-state index is 12.9. The zero-order chi connectivity index (χ0) is 18.9. The second kappa shape index (κ2) is 6.99. The van der Waals surface area contributed by atoms with Crippen LogP contribution in [0, 0.1) is 13.8 Å². The van der Waals surface area contributed by atoms with Gasteiger partial charge in [0.15, 0.2) is 0 Å². The van der Waals surface area contributed by atoms with Crippen molar-refractivity contribution < 1.29 is 17.9 Å². The number of sulfonamides is 1. The molecule has 0 bridgehead atoms. The van der Waals surface area contributed by atoms with Crippen molar-refractivity contribution in [1.82, 2.24) is 0 Å². The summed E-state index contributed by atoms with van der Waals surface area (Å²) in [4.78, 5) is 13.6. The Hall–Kier alpha value is -2.54. The van der Waals surface area contributed by atoms with E-state index in [1.54, 1.807) is 29.2 Å². The highest BCUT2D eigenvalue weighted by molar-refractivity contribution is 7.92. The van der Waals surface area contributed by atoms with Crippen LogP contribution in [0.5, 0.6) is 5.75 Å². The van der Waals surface area contributed by atoms with Crippen molar-refractivity contribution in [2.45, 2.75) is 31.6 Å². The molecule has 26 heavy (non-hydrogen) atoms. The van der Waals surface area contributed by atoms with Crippen LogP contribution < -0.4 is 14.4 Å². The minimum Gasteiger partial charge on any atom is -0.495 e. The first kappa shape index (κ1) is 18.3. The van der Waals surface area contributed by atoms with Crippen molar-refractivity contribution in [2.75, 3.05) is 23.3 Å². The Balaban J connectivity index is 1.99. The Kier molecular flexibility index (Phi) is 4.91. The molecule has 2 aromatic rings. The molecule has 138 valence electrons. The maximum Gasteiger partial charge on any atom is 0.265 e. The lowest BCUT2D eigenvalue weighted by Crippen LogP contribution is -2.24. The number of hydrogen-bond donors (Lipinski definition) is 1. The Bertz CT molecular complexity index is 954. The predicted octanol–water partition coefficient (Wildman–Crippen LogP) is 3.24. The van der Waals surface area contributed by atoms with Gasteiger partial charge in [0.2, 0.25) is 5.91 Å². The summed E-state index contributed by atoms with van der Waals surface area (Å²) in [5.41, 5.74) is 3.13. The summed E-state index contributed by atoms with van der Waals surface area (Å²) in [7, 11) is -2.45. The van der Waals surface area contributed by atoms with E-state index in [0.717, 1.165) is 17.5 Å². The number of methoxy groups -OCH3 is 1. The van der Waals surface area contributed by atoms with Gasteiger partial charge in [-0.05, 0) is 61.7 Å². The van der Waals surface area contributed by atoms with E-state index in [2.05, 4.69) is 4.72 Å². The van der Waals surface area contributed by atoms with Gasteiger partial charge in [-0.3, -0.25) is 9.52 Å². The van der Waals surface area contributed by atoms with E-state index in [-0.39, 0.29) is 16.6 Å². The first-order valence-electron chi connectivity index (χ1n) is 8.40. The highest BCUT2D eigenvalue weighted by atomic mass is 32.2. The Morgan fingerprint density at radius 3 is 2.46 bits per heavy atom. The van der Waals surface area contributed by atoms with Gasteiger partial charge in [0.25, 0.3) is 10.0 Å². The van der Waals surface area contributed by atoms with Crippen LogP contribution in [0.15, 0.2) is 41.3 Å². The Morgan fingerprint density at radius 1 is 1.08 bits per heavy atom. The van der Waals surface area contributed by atoms with E-state index in [0.29, 0.717) is 24.3 Å². The number of rotatable bonds is 5. The molecule has 0 spiro atoms. The molecule has 0 saturated carbocycles. The molecule has 7 heteroatoms. The topological polar surface area (TPSA) is 75.7 Å². The molecule has 0 unspecified atom stereocenters. The molecule has 6 nitrogen and oxygen atoms in total. The van der Waals surface area contributed by atoms with Crippen molar-refractivity contribution in [3.05, 3.63) is 47.5 Å². The lowest BCUT2D eigenvalue weighted by Gasteiger charge is -2.19. The van der Waals surface area contributed by atoms with Gasteiger partial charge in [0.1, 0.15) is 10.6 Å². The average molecular weight is 374 g/mol. The Morgan fingerprint density at radius 2 is 1.85 bits per heavy atom. The molecule has 0 radical (unpaired) electrons. The molecule has 1 heterocycles. The molecule has 0 atom stereocenters. The van der Waals surface area contributed by atoms with Gasteiger partial charge in [-0.2, -0.15) is 0 Å². The highest BCUT2D eigenvalue weighted by Gasteiger charge is 2.26. The average Bonchev–Trinajstić information content (AvgIpc) is 3.03. The standard InChI is InChI=1S/C19H22N2O4S/c1-13-6-7-15(11-14(13)2)20-26(23,24)18-12-16(8-9-17(18)25-3)21-10-4-5-19(21)22/h6-9,11-12,20H,4-5,10H2,1-3H3. The molecule has 1 N–H and O–H groups in total. The highest BCUT2D eigenvalue weighted by Crippen LogP contribution is 2.32. The first-order chi connectivity index (χ1) is 12.3. The van der Waals surface area contributed by atoms with Gasteiger partial charge < -0.3 is 9.64 Å². The summed E-state index contributed by atoms with van der Waals surface area (Å²) in [5.74, 6) is 0.234. The van der Waals surface area contributed by atoms with E-state index >= 15 is 0 Å². The molecule has 0 aromatic heterocycles. The number of anilines is 2. The van der Waals surface area contributed by atoms with Gasteiger partial charge >= 0.3 is 0 Å². The van der Waals surface area contributed by atoms with Crippen molar-refractivity contribution in [2.24, 2.45) is 0 Å². The molecular weight excluding hydrogens is 352 g/mol. The summed E-state index contributed by atoms with van der Waals surface area (Å²) < 4.78 is 33.7. The zero-order valence-electron chi connectivity index (χ0n) is 15.1. The minimum atomic E-state index is -3.87. The lowest BCUT2D eigenvalue weighted by atomic mass is 10.1. The molecule has 1 amide bonds. The molecular formula is C19H22N2O4S. The van der Waals surface area contributed by atoms with Crippen LogP contribution in [0.3, 0.4) is 0 Å². The van der Waals surface area contributed by atoms with Crippen LogP contribution in [0.25, 0.3) is 0 Å². The van der Waals surface area contributed by atoms with Crippen molar-refractivity contribution in [3.8, 4) is 5.75 Å². The molecule has 2 aromatic carbocycles. The number of aryl methyl sites for hydroxylation is 2. The van der Waals surface area contributed by atoms with Gasteiger partial charge in [-0.1, -0.05) is 6.07 Å². The smallest absolute Gasteiger partial charge is 0.265 e. The minimum absolute atomic E-state index is 0.000586.